The quantitative estimate of drug-likeness (QED) is 0.905. The van der Waals surface area contributed by atoms with Crippen molar-refractivity contribution in [2.75, 3.05) is 20.1 Å². The molecule has 1 heterocycles. The molecule has 1 unspecified atom stereocenters. The molecule has 0 spiro atoms. The van der Waals surface area contributed by atoms with E-state index in [-0.39, 0.29) is 5.82 Å². The first-order valence-corrected chi connectivity index (χ1v) is 6.89. The zero-order valence-corrected chi connectivity index (χ0v) is 11.5. The van der Waals surface area contributed by atoms with Crippen LogP contribution in [0.5, 0.6) is 0 Å². The highest BCUT2D eigenvalue weighted by Crippen LogP contribution is 2.17. The Hall–Kier alpha value is -0.640. The van der Waals surface area contributed by atoms with Crippen LogP contribution in [0.25, 0.3) is 0 Å². The topological polar surface area (TPSA) is 15.3 Å². The van der Waals surface area contributed by atoms with Gasteiger partial charge in [0, 0.05) is 24.2 Å². The van der Waals surface area contributed by atoms with Crippen LogP contribution in [0.4, 0.5) is 4.39 Å². The molecule has 1 aliphatic rings. The first-order chi connectivity index (χ1) is 8.66. The monoisotopic (exact) mass is 270 g/mol. The van der Waals surface area contributed by atoms with Gasteiger partial charge in [0.1, 0.15) is 5.82 Å². The average molecular weight is 271 g/mol. The summed E-state index contributed by atoms with van der Waals surface area (Å²) < 4.78 is 13.1. The van der Waals surface area contributed by atoms with Crippen molar-refractivity contribution in [3.8, 4) is 0 Å². The van der Waals surface area contributed by atoms with Crippen molar-refractivity contribution in [3.05, 3.63) is 34.6 Å². The summed E-state index contributed by atoms with van der Waals surface area (Å²) in [7, 11) is 2.17. The third-order valence-corrected chi connectivity index (χ3v) is 3.99. The number of halogens is 2. The highest BCUT2D eigenvalue weighted by atomic mass is 35.5. The zero-order chi connectivity index (χ0) is 13.0. The van der Waals surface area contributed by atoms with E-state index in [1.807, 2.05) is 0 Å². The van der Waals surface area contributed by atoms with E-state index < -0.39 is 0 Å². The minimum absolute atomic E-state index is 0.231. The maximum absolute atomic E-state index is 13.1. The third-order valence-electron chi connectivity index (χ3n) is 3.62. The largest absolute Gasteiger partial charge is 0.311 e. The lowest BCUT2D eigenvalue weighted by molar-refractivity contribution is 0.181. The Balaban J connectivity index is 1.82. The molecule has 1 aromatic rings. The van der Waals surface area contributed by atoms with Gasteiger partial charge in [0.05, 0.1) is 0 Å². The summed E-state index contributed by atoms with van der Waals surface area (Å²) in [6, 6.07) is 5.09. The Morgan fingerprint density at radius 2 is 2.28 bits per heavy atom. The van der Waals surface area contributed by atoms with Crippen LogP contribution >= 0.6 is 11.6 Å². The van der Waals surface area contributed by atoms with Crippen molar-refractivity contribution >= 4 is 11.6 Å². The van der Waals surface area contributed by atoms with E-state index >= 15 is 0 Å². The molecule has 0 aromatic heterocycles. The fourth-order valence-electron chi connectivity index (χ4n) is 2.45. The van der Waals surface area contributed by atoms with Crippen LogP contribution in [0.1, 0.15) is 24.8 Å². The van der Waals surface area contributed by atoms with Gasteiger partial charge < -0.3 is 10.2 Å². The van der Waals surface area contributed by atoms with Crippen molar-refractivity contribution in [1.82, 2.24) is 10.2 Å². The molecule has 1 saturated heterocycles. The molecule has 1 atom stereocenters. The van der Waals surface area contributed by atoms with Crippen LogP contribution in [0.15, 0.2) is 18.2 Å². The number of rotatable bonds is 4. The van der Waals surface area contributed by atoms with Crippen LogP contribution in [-0.4, -0.2) is 31.1 Å². The van der Waals surface area contributed by atoms with E-state index in [9.17, 15) is 4.39 Å². The number of likely N-dealkylation sites (N-methyl/N-ethyl adjacent to an activating group) is 1. The van der Waals surface area contributed by atoms with Gasteiger partial charge in [-0.05, 0) is 50.2 Å². The second kappa shape index (κ2) is 6.50. The lowest BCUT2D eigenvalue weighted by Crippen LogP contribution is -2.42. The highest BCUT2D eigenvalue weighted by Gasteiger charge is 2.18. The fourth-order valence-corrected chi connectivity index (χ4v) is 2.64. The van der Waals surface area contributed by atoms with Crippen molar-refractivity contribution in [1.29, 1.82) is 0 Å². The van der Waals surface area contributed by atoms with Crippen molar-refractivity contribution in [3.63, 3.8) is 0 Å². The molecule has 1 aliphatic heterocycles. The Labute approximate surface area is 113 Å². The van der Waals surface area contributed by atoms with Crippen LogP contribution in [0.2, 0.25) is 5.02 Å². The summed E-state index contributed by atoms with van der Waals surface area (Å²) in [6.45, 7) is 2.73. The third kappa shape index (κ3) is 3.67. The molecule has 2 rings (SSSR count). The molecule has 0 radical (unpaired) electrons. The first kappa shape index (κ1) is 13.8. The van der Waals surface area contributed by atoms with Gasteiger partial charge in [-0.2, -0.15) is 0 Å². The molecule has 18 heavy (non-hydrogen) atoms. The normalized spacial score (nSPS) is 21.2. The number of piperidine rings is 1. The number of benzene rings is 1. The van der Waals surface area contributed by atoms with Crippen LogP contribution in [0, 0.1) is 5.82 Å². The van der Waals surface area contributed by atoms with Gasteiger partial charge in [0.25, 0.3) is 0 Å². The van der Waals surface area contributed by atoms with E-state index in [1.54, 1.807) is 6.07 Å². The van der Waals surface area contributed by atoms with Gasteiger partial charge in [-0.15, -0.1) is 0 Å². The molecule has 0 saturated carbocycles. The second-order valence-electron chi connectivity index (χ2n) is 5.00. The van der Waals surface area contributed by atoms with E-state index in [2.05, 4.69) is 17.3 Å². The average Bonchev–Trinajstić information content (AvgIpc) is 2.36. The SMILES string of the molecule is CN1CCCCC1CNCc1cc(F)ccc1Cl. The molecular weight excluding hydrogens is 251 g/mol. The standard InChI is InChI=1S/C14H20ClFN2/c1-18-7-3-2-4-13(18)10-17-9-11-8-12(16)5-6-14(11)15/h5-6,8,13,17H,2-4,7,9-10H2,1H3. The van der Waals surface area contributed by atoms with Gasteiger partial charge in [0.2, 0.25) is 0 Å². The Kier molecular flexibility index (Phi) is 4.98. The fraction of sp³-hybridized carbons (Fsp3) is 0.571. The molecule has 2 nitrogen and oxygen atoms in total. The van der Waals surface area contributed by atoms with Crippen molar-refractivity contribution < 1.29 is 4.39 Å². The van der Waals surface area contributed by atoms with Crippen molar-refractivity contribution in [2.45, 2.75) is 31.8 Å². The molecular formula is C14H20ClFN2. The maximum atomic E-state index is 13.1. The van der Waals surface area contributed by atoms with Crippen LogP contribution < -0.4 is 5.32 Å². The molecule has 0 amide bonds. The minimum Gasteiger partial charge on any atom is -0.311 e. The summed E-state index contributed by atoms with van der Waals surface area (Å²) in [4.78, 5) is 2.39. The number of nitrogens with one attached hydrogen (secondary N) is 1. The number of nitrogens with zero attached hydrogens (tertiary/aromatic N) is 1. The first-order valence-electron chi connectivity index (χ1n) is 6.51. The van der Waals surface area contributed by atoms with E-state index in [0.717, 1.165) is 12.1 Å². The number of likely N-dealkylation sites (tertiary alicyclic amines) is 1. The summed E-state index contributed by atoms with van der Waals surface area (Å²) >= 11 is 6.03. The summed E-state index contributed by atoms with van der Waals surface area (Å²) in [6.07, 6.45) is 3.83. The summed E-state index contributed by atoms with van der Waals surface area (Å²) in [5, 5.41) is 4.00. The lowest BCUT2D eigenvalue weighted by Gasteiger charge is -2.32. The van der Waals surface area contributed by atoms with E-state index in [0.29, 0.717) is 17.6 Å². The van der Waals surface area contributed by atoms with E-state index in [4.69, 9.17) is 11.6 Å². The van der Waals surface area contributed by atoms with Gasteiger partial charge in [-0.3, -0.25) is 0 Å². The lowest BCUT2D eigenvalue weighted by atomic mass is 10.0. The Bertz CT molecular complexity index is 397. The zero-order valence-electron chi connectivity index (χ0n) is 10.8. The molecule has 1 N–H and O–H groups in total. The van der Waals surface area contributed by atoms with Crippen molar-refractivity contribution in [2.24, 2.45) is 0 Å². The molecule has 100 valence electrons. The summed E-state index contributed by atoms with van der Waals surface area (Å²) in [5.41, 5.74) is 0.829. The molecule has 1 aromatic carbocycles. The smallest absolute Gasteiger partial charge is 0.123 e. The van der Waals surface area contributed by atoms with Crippen LogP contribution in [0.3, 0.4) is 0 Å². The Morgan fingerprint density at radius 1 is 1.44 bits per heavy atom. The molecule has 4 heteroatoms. The maximum Gasteiger partial charge on any atom is 0.123 e. The van der Waals surface area contributed by atoms with Gasteiger partial charge in [-0.25, -0.2) is 4.39 Å². The molecule has 0 bridgehead atoms. The van der Waals surface area contributed by atoms with Gasteiger partial charge in [0.15, 0.2) is 0 Å². The number of hydrogen-bond acceptors (Lipinski definition) is 2. The van der Waals surface area contributed by atoms with E-state index in [1.165, 1.54) is 37.9 Å². The second-order valence-corrected chi connectivity index (χ2v) is 5.40. The summed E-state index contributed by atoms with van der Waals surface area (Å²) in [5.74, 6) is -0.231. The minimum atomic E-state index is -0.231. The Morgan fingerprint density at radius 3 is 3.06 bits per heavy atom. The predicted octanol–water partition coefficient (Wildman–Crippen LogP) is 3.05. The number of hydrogen-bond donors (Lipinski definition) is 1. The molecule has 0 aliphatic carbocycles. The molecule has 1 fully saturated rings. The van der Waals surface area contributed by atoms with Gasteiger partial charge >= 0.3 is 0 Å². The van der Waals surface area contributed by atoms with Gasteiger partial charge in [-0.1, -0.05) is 18.0 Å². The predicted molar refractivity (Wildman–Crippen MR) is 73.4 cm³/mol. The van der Waals surface area contributed by atoms with Crippen LogP contribution in [-0.2, 0) is 6.54 Å². The highest BCUT2D eigenvalue weighted by molar-refractivity contribution is 6.31.